The molecule has 7 heteroatoms. The van der Waals surface area contributed by atoms with E-state index in [0.717, 1.165) is 22.4 Å². The number of para-hydroxylation sites is 2. The molecule has 34 heavy (non-hydrogen) atoms. The average Bonchev–Trinajstić information content (AvgIpc) is 3.23. The van der Waals surface area contributed by atoms with Crippen LogP contribution < -0.4 is 10.9 Å². The van der Waals surface area contributed by atoms with Crippen molar-refractivity contribution < 1.29 is 4.79 Å². The van der Waals surface area contributed by atoms with Gasteiger partial charge in [0.15, 0.2) is 0 Å². The van der Waals surface area contributed by atoms with Crippen LogP contribution in [0.15, 0.2) is 95.9 Å². The fourth-order valence-corrected chi connectivity index (χ4v) is 3.94. The third-order valence-electron chi connectivity index (χ3n) is 5.59. The minimum absolute atomic E-state index is 0.127. The van der Waals surface area contributed by atoms with Crippen LogP contribution in [0.2, 0.25) is 0 Å². The van der Waals surface area contributed by atoms with Crippen LogP contribution in [0.1, 0.15) is 11.1 Å². The average molecular weight is 450 g/mol. The van der Waals surface area contributed by atoms with Gasteiger partial charge >= 0.3 is 0 Å². The summed E-state index contributed by atoms with van der Waals surface area (Å²) in [7, 11) is 0. The zero-order valence-electron chi connectivity index (χ0n) is 18.7. The lowest BCUT2D eigenvalue weighted by Gasteiger charge is -2.11. The second-order valence-corrected chi connectivity index (χ2v) is 8.15. The van der Waals surface area contributed by atoms with Crippen LogP contribution in [0.25, 0.3) is 22.3 Å². The van der Waals surface area contributed by atoms with E-state index in [1.807, 2.05) is 79.7 Å². The monoisotopic (exact) mass is 449 g/mol. The molecular formula is C27H23N5O2. The molecule has 1 amide bonds. The Bertz CT molecular complexity index is 1540. The van der Waals surface area contributed by atoms with E-state index in [1.165, 1.54) is 10.8 Å². The van der Waals surface area contributed by atoms with Gasteiger partial charge in [-0.25, -0.2) is 9.67 Å². The van der Waals surface area contributed by atoms with E-state index >= 15 is 0 Å². The Morgan fingerprint density at radius 2 is 1.74 bits per heavy atom. The van der Waals surface area contributed by atoms with Gasteiger partial charge in [0.2, 0.25) is 5.91 Å². The zero-order valence-corrected chi connectivity index (χ0v) is 18.7. The normalized spacial score (nSPS) is 11.0. The summed E-state index contributed by atoms with van der Waals surface area (Å²) in [6, 6.07) is 27.1. The molecule has 3 aromatic carbocycles. The lowest BCUT2D eigenvalue weighted by molar-refractivity contribution is -0.116. The summed E-state index contributed by atoms with van der Waals surface area (Å²) in [6.07, 6.45) is 1.24. The number of aryl methyl sites for hydroxylation is 1. The van der Waals surface area contributed by atoms with Crippen molar-refractivity contribution in [3.8, 4) is 11.3 Å². The molecular weight excluding hydrogens is 426 g/mol. The molecule has 1 N–H and O–H groups in total. The predicted molar refractivity (Wildman–Crippen MR) is 133 cm³/mol. The highest BCUT2D eigenvalue weighted by Crippen LogP contribution is 2.24. The van der Waals surface area contributed by atoms with Crippen molar-refractivity contribution in [2.75, 3.05) is 5.32 Å². The minimum atomic E-state index is -0.327. The molecule has 0 saturated heterocycles. The van der Waals surface area contributed by atoms with Gasteiger partial charge in [0.1, 0.15) is 12.4 Å². The summed E-state index contributed by atoms with van der Waals surface area (Å²) in [4.78, 5) is 29.7. The van der Waals surface area contributed by atoms with Gasteiger partial charge in [-0.15, -0.1) is 0 Å². The zero-order chi connectivity index (χ0) is 23.5. The molecule has 168 valence electrons. The first-order chi connectivity index (χ1) is 16.6. The number of hydrogen-bond donors (Lipinski definition) is 1. The fraction of sp³-hybridized carbons (Fsp3) is 0.111. The Kier molecular flexibility index (Phi) is 5.74. The number of anilines is 1. The Balaban J connectivity index is 1.47. The summed E-state index contributed by atoms with van der Waals surface area (Å²) in [5, 5.41) is 7.73. The van der Waals surface area contributed by atoms with Crippen LogP contribution in [0.3, 0.4) is 0 Å². The molecule has 2 aromatic heterocycles. The number of nitrogens with one attached hydrogen (secondary N) is 1. The Morgan fingerprint density at radius 1 is 0.941 bits per heavy atom. The van der Waals surface area contributed by atoms with Gasteiger partial charge in [-0.3, -0.25) is 14.2 Å². The van der Waals surface area contributed by atoms with E-state index in [2.05, 4.69) is 16.4 Å². The number of hydrogen-bond acceptors (Lipinski definition) is 4. The van der Waals surface area contributed by atoms with Gasteiger partial charge in [-0.1, -0.05) is 66.2 Å². The van der Waals surface area contributed by atoms with E-state index in [-0.39, 0.29) is 18.0 Å². The lowest BCUT2D eigenvalue weighted by Crippen LogP contribution is -2.28. The smallest absolute Gasteiger partial charge is 0.269 e. The highest BCUT2D eigenvalue weighted by Gasteiger charge is 2.15. The lowest BCUT2D eigenvalue weighted by atomic mass is 10.1. The van der Waals surface area contributed by atoms with Gasteiger partial charge < -0.3 is 5.32 Å². The van der Waals surface area contributed by atoms with Crippen molar-refractivity contribution >= 4 is 22.8 Å². The molecule has 0 unspecified atom stereocenters. The van der Waals surface area contributed by atoms with Crippen molar-refractivity contribution in [2.45, 2.75) is 20.0 Å². The van der Waals surface area contributed by atoms with Gasteiger partial charge in [-0.05, 0) is 30.7 Å². The summed E-state index contributed by atoms with van der Waals surface area (Å²) in [6.45, 7) is 2.41. The summed E-state index contributed by atoms with van der Waals surface area (Å²) >= 11 is 0. The molecule has 0 spiro atoms. The molecule has 0 aliphatic rings. The van der Waals surface area contributed by atoms with Crippen molar-refractivity contribution in [1.29, 1.82) is 0 Å². The minimum Gasteiger partial charge on any atom is -0.309 e. The standard InChI is InChI=1S/C27H23N5O2/c1-19-8-7-11-21(14-19)23-15-25(32(30-23)17-20-9-3-2-4-10-20)29-26(33)18-31-24-13-6-5-12-22(24)28-16-27(31)34/h2-16H,17-18H2,1H3,(H,29,33). The van der Waals surface area contributed by atoms with E-state index in [9.17, 15) is 9.59 Å². The number of rotatable bonds is 6. The highest BCUT2D eigenvalue weighted by atomic mass is 16.2. The summed E-state index contributed by atoms with van der Waals surface area (Å²) < 4.78 is 3.20. The Morgan fingerprint density at radius 3 is 2.56 bits per heavy atom. The summed E-state index contributed by atoms with van der Waals surface area (Å²) in [5.41, 5.74) is 4.87. The molecule has 0 aliphatic carbocycles. The molecule has 0 saturated carbocycles. The third kappa shape index (κ3) is 4.49. The maximum Gasteiger partial charge on any atom is 0.269 e. The number of aromatic nitrogens is 4. The number of fused-ring (bicyclic) bond motifs is 1. The van der Waals surface area contributed by atoms with Crippen molar-refractivity contribution in [3.05, 3.63) is 113 Å². The van der Waals surface area contributed by atoms with Crippen LogP contribution in [0.4, 0.5) is 5.82 Å². The molecule has 0 radical (unpaired) electrons. The quantitative estimate of drug-likeness (QED) is 0.420. The number of carbonyl (C=O) groups excluding carboxylic acids is 1. The maximum atomic E-state index is 13.0. The van der Waals surface area contributed by atoms with E-state index in [4.69, 9.17) is 5.10 Å². The molecule has 7 nitrogen and oxygen atoms in total. The maximum absolute atomic E-state index is 13.0. The molecule has 0 atom stereocenters. The Labute approximate surface area is 196 Å². The molecule has 0 fully saturated rings. The van der Waals surface area contributed by atoms with Crippen molar-refractivity contribution in [1.82, 2.24) is 19.3 Å². The van der Waals surface area contributed by atoms with E-state index in [0.29, 0.717) is 23.4 Å². The van der Waals surface area contributed by atoms with Crippen LogP contribution in [0.5, 0.6) is 0 Å². The largest absolute Gasteiger partial charge is 0.309 e. The number of benzene rings is 3. The summed E-state index contributed by atoms with van der Waals surface area (Å²) in [5.74, 6) is 0.250. The Hall–Kier alpha value is -4.52. The highest BCUT2D eigenvalue weighted by molar-refractivity contribution is 5.91. The first kappa shape index (κ1) is 21.3. The molecule has 0 aliphatic heterocycles. The topological polar surface area (TPSA) is 81.8 Å². The molecule has 0 bridgehead atoms. The van der Waals surface area contributed by atoms with E-state index in [1.54, 1.807) is 10.7 Å². The molecule has 2 heterocycles. The van der Waals surface area contributed by atoms with E-state index < -0.39 is 0 Å². The second kappa shape index (κ2) is 9.15. The van der Waals surface area contributed by atoms with Crippen molar-refractivity contribution in [3.63, 3.8) is 0 Å². The third-order valence-corrected chi connectivity index (χ3v) is 5.59. The van der Waals surface area contributed by atoms with Crippen LogP contribution in [0, 0.1) is 6.92 Å². The first-order valence-electron chi connectivity index (χ1n) is 11.0. The van der Waals surface area contributed by atoms with Gasteiger partial charge in [0.05, 0.1) is 29.5 Å². The SMILES string of the molecule is Cc1cccc(-c2cc(NC(=O)Cn3c(=O)cnc4ccccc43)n(Cc3ccccc3)n2)c1. The molecule has 5 aromatic rings. The molecule has 5 rings (SSSR count). The number of amides is 1. The number of nitrogens with zero attached hydrogens (tertiary/aromatic N) is 4. The predicted octanol–water partition coefficient (Wildman–Crippen LogP) is 4.26. The van der Waals surface area contributed by atoms with Gasteiger partial charge in [-0.2, -0.15) is 5.10 Å². The van der Waals surface area contributed by atoms with Crippen LogP contribution in [-0.4, -0.2) is 25.2 Å². The second-order valence-electron chi connectivity index (χ2n) is 8.15. The first-order valence-corrected chi connectivity index (χ1v) is 11.0. The van der Waals surface area contributed by atoms with Crippen molar-refractivity contribution in [2.24, 2.45) is 0 Å². The fourth-order valence-electron chi connectivity index (χ4n) is 3.94. The van der Waals surface area contributed by atoms with Gasteiger partial charge in [0.25, 0.3) is 5.56 Å². The number of carbonyl (C=O) groups is 1. The van der Waals surface area contributed by atoms with Crippen LogP contribution in [-0.2, 0) is 17.9 Å². The van der Waals surface area contributed by atoms with Gasteiger partial charge in [0, 0.05) is 11.6 Å². The van der Waals surface area contributed by atoms with Crippen LogP contribution >= 0.6 is 0 Å².